The van der Waals surface area contributed by atoms with Crippen molar-refractivity contribution in [2.24, 2.45) is 5.41 Å². The Morgan fingerprint density at radius 1 is 1.21 bits per heavy atom. The van der Waals surface area contributed by atoms with Crippen LogP contribution in [0.15, 0.2) is 0 Å². The van der Waals surface area contributed by atoms with Crippen LogP contribution in [0.3, 0.4) is 0 Å². The zero-order valence-electron chi connectivity index (χ0n) is 10.0. The maximum atomic E-state index is 2.51. The van der Waals surface area contributed by atoms with Gasteiger partial charge in [0.1, 0.15) is 0 Å². The Balaban J connectivity index is 2.39. The van der Waals surface area contributed by atoms with Crippen molar-refractivity contribution in [3.05, 3.63) is 0 Å². The first-order valence-corrected chi connectivity index (χ1v) is 7.23. The molecule has 0 N–H and O–H groups in total. The Hall–Kier alpha value is 0.310. The van der Waals surface area contributed by atoms with Crippen LogP contribution in [0.5, 0.6) is 0 Å². The summed E-state index contributed by atoms with van der Waals surface area (Å²) in [4.78, 5) is 0. The fraction of sp³-hybridized carbons (Fsp3) is 1.00. The summed E-state index contributed by atoms with van der Waals surface area (Å²) in [5, 5.41) is 0. The van der Waals surface area contributed by atoms with Crippen molar-refractivity contribution in [3.63, 3.8) is 0 Å². The van der Waals surface area contributed by atoms with Crippen LogP contribution in [-0.4, -0.2) is 23.7 Å². The highest BCUT2D eigenvalue weighted by Crippen LogP contribution is 2.40. The molecular weight excluding hydrogens is 190 g/mol. The van der Waals surface area contributed by atoms with Crippen molar-refractivity contribution in [3.8, 4) is 0 Å². The highest BCUT2D eigenvalue weighted by atomic mass is 32.2. The third-order valence-corrected chi connectivity index (χ3v) is 4.73. The monoisotopic (exact) mass is 215 g/mol. The molecule has 1 nitrogen and oxygen atoms in total. The van der Waals surface area contributed by atoms with Crippen LogP contribution in [-0.2, 0) is 0 Å². The summed E-state index contributed by atoms with van der Waals surface area (Å²) in [6.07, 6.45) is 10.7. The van der Waals surface area contributed by atoms with Crippen LogP contribution in [0.4, 0.5) is 0 Å². The largest absolute Gasteiger partial charge is 0.251 e. The van der Waals surface area contributed by atoms with E-state index in [0.717, 1.165) is 0 Å². The molecule has 1 fully saturated rings. The summed E-state index contributed by atoms with van der Waals surface area (Å²) in [6.45, 7) is 7.29. The molecule has 0 spiro atoms. The molecule has 0 aromatic heterocycles. The van der Waals surface area contributed by atoms with Gasteiger partial charge in [-0.15, -0.1) is 0 Å². The molecule has 1 aliphatic heterocycles. The van der Waals surface area contributed by atoms with Gasteiger partial charge in [-0.2, -0.15) is 0 Å². The van der Waals surface area contributed by atoms with Gasteiger partial charge in [-0.3, -0.25) is 4.31 Å². The molecular formula is C12H25NS. The standard InChI is InChI=1S/C12H25NS/c1-4-6-7-12(5-2)8-10-13(14-3)11-9-12/h4-11H2,1-3H3. The van der Waals surface area contributed by atoms with Gasteiger partial charge >= 0.3 is 0 Å². The zero-order valence-corrected chi connectivity index (χ0v) is 10.8. The molecule has 0 unspecified atom stereocenters. The van der Waals surface area contributed by atoms with E-state index in [1.54, 1.807) is 0 Å². The van der Waals surface area contributed by atoms with E-state index in [1.165, 1.54) is 51.6 Å². The number of rotatable bonds is 5. The third-order valence-electron chi connectivity index (χ3n) is 3.85. The minimum atomic E-state index is 0.697. The van der Waals surface area contributed by atoms with E-state index in [0.29, 0.717) is 5.41 Å². The van der Waals surface area contributed by atoms with E-state index < -0.39 is 0 Å². The van der Waals surface area contributed by atoms with E-state index in [9.17, 15) is 0 Å². The normalized spacial score (nSPS) is 22.5. The molecule has 2 heteroatoms. The lowest BCUT2D eigenvalue weighted by Gasteiger charge is -2.40. The van der Waals surface area contributed by atoms with E-state index in [2.05, 4.69) is 24.4 Å². The fourth-order valence-corrected chi connectivity index (χ4v) is 3.02. The average molecular weight is 215 g/mol. The van der Waals surface area contributed by atoms with Crippen molar-refractivity contribution < 1.29 is 0 Å². The first kappa shape index (κ1) is 12.4. The summed E-state index contributed by atoms with van der Waals surface area (Å²) < 4.78 is 2.51. The molecule has 1 rings (SSSR count). The molecule has 1 saturated heterocycles. The molecule has 0 aliphatic carbocycles. The van der Waals surface area contributed by atoms with Gasteiger partial charge in [-0.25, -0.2) is 0 Å². The lowest BCUT2D eigenvalue weighted by Crippen LogP contribution is -2.36. The van der Waals surface area contributed by atoms with Gasteiger partial charge < -0.3 is 0 Å². The van der Waals surface area contributed by atoms with Crippen molar-refractivity contribution in [2.75, 3.05) is 19.3 Å². The average Bonchev–Trinajstić information content (AvgIpc) is 2.27. The predicted octanol–water partition coefficient (Wildman–Crippen LogP) is 3.95. The number of hydrogen-bond acceptors (Lipinski definition) is 2. The second-order valence-corrected chi connectivity index (χ2v) is 5.45. The highest BCUT2D eigenvalue weighted by molar-refractivity contribution is 7.96. The van der Waals surface area contributed by atoms with Gasteiger partial charge in [0.2, 0.25) is 0 Å². The Bertz CT molecular complexity index is 150. The highest BCUT2D eigenvalue weighted by Gasteiger charge is 2.31. The van der Waals surface area contributed by atoms with Crippen LogP contribution in [0.2, 0.25) is 0 Å². The van der Waals surface area contributed by atoms with Crippen LogP contribution in [0.1, 0.15) is 52.4 Å². The molecule has 0 saturated carbocycles. The fourth-order valence-electron chi connectivity index (χ4n) is 2.48. The van der Waals surface area contributed by atoms with E-state index in [1.807, 2.05) is 11.9 Å². The molecule has 1 aliphatic rings. The Morgan fingerprint density at radius 2 is 1.86 bits per heavy atom. The summed E-state index contributed by atoms with van der Waals surface area (Å²) in [6, 6.07) is 0. The molecule has 0 amide bonds. The molecule has 0 aromatic rings. The molecule has 0 radical (unpaired) electrons. The van der Waals surface area contributed by atoms with Gasteiger partial charge in [0.25, 0.3) is 0 Å². The van der Waals surface area contributed by atoms with Crippen LogP contribution in [0, 0.1) is 5.41 Å². The van der Waals surface area contributed by atoms with Gasteiger partial charge in [0, 0.05) is 13.1 Å². The zero-order chi connectivity index (χ0) is 10.4. The first-order valence-electron chi connectivity index (χ1n) is 6.05. The lowest BCUT2D eigenvalue weighted by molar-refractivity contribution is 0.137. The van der Waals surface area contributed by atoms with E-state index in [-0.39, 0.29) is 0 Å². The molecule has 1 heterocycles. The van der Waals surface area contributed by atoms with Crippen LogP contribution in [0.25, 0.3) is 0 Å². The van der Waals surface area contributed by atoms with Crippen molar-refractivity contribution in [2.45, 2.75) is 52.4 Å². The minimum absolute atomic E-state index is 0.697. The van der Waals surface area contributed by atoms with Crippen LogP contribution >= 0.6 is 11.9 Å². The second-order valence-electron chi connectivity index (χ2n) is 4.57. The van der Waals surface area contributed by atoms with Crippen molar-refractivity contribution in [1.29, 1.82) is 0 Å². The quantitative estimate of drug-likeness (QED) is 0.639. The number of hydrogen-bond donors (Lipinski definition) is 0. The van der Waals surface area contributed by atoms with Gasteiger partial charge in [0.15, 0.2) is 0 Å². The lowest BCUT2D eigenvalue weighted by atomic mass is 9.73. The van der Waals surface area contributed by atoms with Gasteiger partial charge in [-0.05, 0) is 30.9 Å². The Kier molecular flexibility index (Phi) is 5.32. The smallest absolute Gasteiger partial charge is 0.00945 e. The summed E-state index contributed by atoms with van der Waals surface area (Å²) >= 11 is 1.91. The summed E-state index contributed by atoms with van der Waals surface area (Å²) in [5.41, 5.74) is 0.697. The summed E-state index contributed by atoms with van der Waals surface area (Å²) in [5.74, 6) is 0. The number of nitrogens with zero attached hydrogens (tertiary/aromatic N) is 1. The number of unbranched alkanes of at least 4 members (excludes halogenated alkanes) is 1. The Labute approximate surface area is 93.8 Å². The maximum Gasteiger partial charge on any atom is 0.00945 e. The molecule has 0 bridgehead atoms. The topological polar surface area (TPSA) is 3.24 Å². The van der Waals surface area contributed by atoms with Gasteiger partial charge in [-0.1, -0.05) is 45.1 Å². The van der Waals surface area contributed by atoms with Gasteiger partial charge in [0.05, 0.1) is 0 Å². The predicted molar refractivity (Wildman–Crippen MR) is 66.6 cm³/mol. The maximum absolute atomic E-state index is 2.51. The SMILES string of the molecule is CCCCC1(CC)CCN(SC)CC1. The van der Waals surface area contributed by atoms with E-state index >= 15 is 0 Å². The molecule has 14 heavy (non-hydrogen) atoms. The third kappa shape index (κ3) is 3.16. The molecule has 0 atom stereocenters. The minimum Gasteiger partial charge on any atom is -0.251 e. The first-order chi connectivity index (χ1) is 6.76. The van der Waals surface area contributed by atoms with Crippen molar-refractivity contribution in [1.82, 2.24) is 4.31 Å². The van der Waals surface area contributed by atoms with Crippen LogP contribution < -0.4 is 0 Å². The molecule has 0 aromatic carbocycles. The van der Waals surface area contributed by atoms with Crippen molar-refractivity contribution >= 4 is 11.9 Å². The second kappa shape index (κ2) is 6.02. The van der Waals surface area contributed by atoms with E-state index in [4.69, 9.17) is 0 Å². The summed E-state index contributed by atoms with van der Waals surface area (Å²) in [7, 11) is 0. The molecule has 84 valence electrons. The number of piperidine rings is 1. The Morgan fingerprint density at radius 3 is 2.29 bits per heavy atom.